The van der Waals surface area contributed by atoms with Crippen molar-refractivity contribution in [3.63, 3.8) is 0 Å². The van der Waals surface area contributed by atoms with Gasteiger partial charge in [0.15, 0.2) is 0 Å². The zero-order valence-electron chi connectivity index (χ0n) is 11.8. The van der Waals surface area contributed by atoms with Crippen LogP contribution in [0.1, 0.15) is 37.6 Å². The fourth-order valence-electron chi connectivity index (χ4n) is 1.46. The predicted octanol–water partition coefficient (Wildman–Crippen LogP) is 1.69. The Hall–Kier alpha value is -1.60. The molecule has 0 aliphatic heterocycles. The lowest BCUT2D eigenvalue weighted by Crippen LogP contribution is -2.17. The van der Waals surface area contributed by atoms with E-state index >= 15 is 0 Å². The number of hydrogen-bond donors (Lipinski definition) is 1. The van der Waals surface area contributed by atoms with E-state index in [0.29, 0.717) is 13.0 Å². The van der Waals surface area contributed by atoms with Crippen molar-refractivity contribution in [1.29, 1.82) is 0 Å². The lowest BCUT2D eigenvalue weighted by Gasteiger charge is -2.14. The molecule has 1 atom stereocenters. The standard InChI is InChI=1S/C13H19NO5S/c1-4-9(3)19-13(15)11-8-10(20(14,16)17)6-7-12(11)18-5-2/h6-9H,4-5H2,1-3H3,(H2,14,16,17). The molecular weight excluding hydrogens is 282 g/mol. The fraction of sp³-hybridized carbons (Fsp3) is 0.462. The van der Waals surface area contributed by atoms with Gasteiger partial charge in [-0.3, -0.25) is 0 Å². The van der Waals surface area contributed by atoms with Crippen LogP contribution >= 0.6 is 0 Å². The molecule has 0 spiro atoms. The molecule has 112 valence electrons. The van der Waals surface area contributed by atoms with Gasteiger partial charge < -0.3 is 9.47 Å². The molecule has 0 aliphatic carbocycles. The first-order chi connectivity index (χ1) is 9.29. The molecule has 0 saturated heterocycles. The van der Waals surface area contributed by atoms with Crippen LogP contribution in [0.2, 0.25) is 0 Å². The topological polar surface area (TPSA) is 95.7 Å². The average molecular weight is 301 g/mol. The van der Waals surface area contributed by atoms with Crippen LogP contribution in [-0.2, 0) is 14.8 Å². The second kappa shape index (κ2) is 6.71. The van der Waals surface area contributed by atoms with Crippen LogP contribution in [0.3, 0.4) is 0 Å². The van der Waals surface area contributed by atoms with E-state index in [4.69, 9.17) is 14.6 Å². The molecule has 1 aromatic rings. The zero-order chi connectivity index (χ0) is 15.3. The third-order valence-electron chi connectivity index (χ3n) is 2.68. The van der Waals surface area contributed by atoms with Gasteiger partial charge in [0.25, 0.3) is 0 Å². The Kier molecular flexibility index (Phi) is 5.52. The first-order valence-corrected chi connectivity index (χ1v) is 7.84. The van der Waals surface area contributed by atoms with E-state index in [1.54, 1.807) is 13.8 Å². The van der Waals surface area contributed by atoms with Crippen LogP contribution in [0.15, 0.2) is 23.1 Å². The number of esters is 1. The van der Waals surface area contributed by atoms with Crippen LogP contribution in [0.4, 0.5) is 0 Å². The molecule has 7 heteroatoms. The van der Waals surface area contributed by atoms with E-state index in [2.05, 4.69) is 0 Å². The van der Waals surface area contributed by atoms with Crippen LogP contribution in [0.5, 0.6) is 5.75 Å². The number of carbonyl (C=O) groups is 1. The molecule has 0 bridgehead atoms. The lowest BCUT2D eigenvalue weighted by molar-refractivity contribution is 0.0330. The number of primary sulfonamides is 1. The Balaban J connectivity index is 3.21. The van der Waals surface area contributed by atoms with Crippen molar-refractivity contribution in [2.24, 2.45) is 5.14 Å². The van der Waals surface area contributed by atoms with Gasteiger partial charge in [0.1, 0.15) is 11.3 Å². The quantitative estimate of drug-likeness (QED) is 0.807. The van der Waals surface area contributed by atoms with Gasteiger partial charge in [0, 0.05) is 0 Å². The summed E-state index contributed by atoms with van der Waals surface area (Å²) in [4.78, 5) is 11.9. The Morgan fingerprint density at radius 2 is 2.00 bits per heavy atom. The lowest BCUT2D eigenvalue weighted by atomic mass is 10.2. The highest BCUT2D eigenvalue weighted by Crippen LogP contribution is 2.23. The molecule has 0 heterocycles. The normalized spacial score (nSPS) is 12.8. The van der Waals surface area contributed by atoms with Gasteiger partial charge in [-0.05, 0) is 38.5 Å². The third-order valence-corrected chi connectivity index (χ3v) is 3.59. The maximum atomic E-state index is 12.1. The summed E-state index contributed by atoms with van der Waals surface area (Å²) >= 11 is 0. The number of sulfonamides is 1. The number of rotatable bonds is 6. The second-order valence-electron chi connectivity index (χ2n) is 4.26. The van der Waals surface area contributed by atoms with Gasteiger partial charge >= 0.3 is 5.97 Å². The van der Waals surface area contributed by atoms with Crippen molar-refractivity contribution >= 4 is 16.0 Å². The Morgan fingerprint density at radius 3 is 2.50 bits per heavy atom. The number of carbonyl (C=O) groups excluding carboxylic acids is 1. The number of nitrogens with two attached hydrogens (primary N) is 1. The summed E-state index contributed by atoms with van der Waals surface area (Å²) in [5.41, 5.74) is 0.0543. The number of benzene rings is 1. The van der Waals surface area contributed by atoms with Crippen molar-refractivity contribution in [2.75, 3.05) is 6.61 Å². The molecule has 0 radical (unpaired) electrons. The molecule has 1 rings (SSSR count). The van der Waals surface area contributed by atoms with Gasteiger partial charge in [-0.25, -0.2) is 18.4 Å². The van der Waals surface area contributed by atoms with E-state index in [1.807, 2.05) is 6.92 Å². The van der Waals surface area contributed by atoms with Gasteiger partial charge in [-0.2, -0.15) is 0 Å². The molecule has 1 aromatic carbocycles. The molecular formula is C13H19NO5S. The molecule has 2 N–H and O–H groups in total. The first kappa shape index (κ1) is 16.5. The second-order valence-corrected chi connectivity index (χ2v) is 5.82. The van der Waals surface area contributed by atoms with Crippen molar-refractivity contribution < 1.29 is 22.7 Å². The SMILES string of the molecule is CCOc1ccc(S(N)(=O)=O)cc1C(=O)OC(C)CC. The van der Waals surface area contributed by atoms with E-state index in [9.17, 15) is 13.2 Å². The molecule has 0 aliphatic rings. The molecule has 0 amide bonds. The maximum Gasteiger partial charge on any atom is 0.342 e. The third kappa shape index (κ3) is 4.21. The van der Waals surface area contributed by atoms with Crippen molar-refractivity contribution in [3.8, 4) is 5.75 Å². The van der Waals surface area contributed by atoms with Gasteiger partial charge in [0.2, 0.25) is 10.0 Å². The highest BCUT2D eigenvalue weighted by atomic mass is 32.2. The van der Waals surface area contributed by atoms with E-state index < -0.39 is 16.0 Å². The van der Waals surface area contributed by atoms with Crippen molar-refractivity contribution in [2.45, 2.75) is 38.2 Å². The van der Waals surface area contributed by atoms with Crippen LogP contribution in [0.25, 0.3) is 0 Å². The molecule has 6 nitrogen and oxygen atoms in total. The largest absolute Gasteiger partial charge is 0.493 e. The molecule has 20 heavy (non-hydrogen) atoms. The summed E-state index contributed by atoms with van der Waals surface area (Å²) in [5, 5.41) is 5.06. The minimum absolute atomic E-state index is 0.0543. The Morgan fingerprint density at radius 1 is 1.35 bits per heavy atom. The monoisotopic (exact) mass is 301 g/mol. The summed E-state index contributed by atoms with van der Waals surface area (Å²) in [6, 6.07) is 3.86. The first-order valence-electron chi connectivity index (χ1n) is 6.30. The highest BCUT2D eigenvalue weighted by molar-refractivity contribution is 7.89. The molecule has 1 unspecified atom stereocenters. The summed E-state index contributed by atoms with van der Waals surface area (Å²) < 4.78 is 33.2. The summed E-state index contributed by atoms with van der Waals surface area (Å²) in [7, 11) is -3.89. The smallest absolute Gasteiger partial charge is 0.342 e. The predicted molar refractivity (Wildman–Crippen MR) is 74.2 cm³/mol. The Labute approximate surface area is 118 Å². The molecule has 0 fully saturated rings. The van der Waals surface area contributed by atoms with Crippen LogP contribution in [0, 0.1) is 0 Å². The highest BCUT2D eigenvalue weighted by Gasteiger charge is 2.20. The average Bonchev–Trinajstić information content (AvgIpc) is 2.37. The molecule has 0 aromatic heterocycles. The van der Waals surface area contributed by atoms with E-state index in [-0.39, 0.29) is 22.3 Å². The Bertz CT molecular complexity index is 582. The van der Waals surface area contributed by atoms with Gasteiger partial charge in [-0.1, -0.05) is 6.92 Å². The zero-order valence-corrected chi connectivity index (χ0v) is 12.6. The maximum absolute atomic E-state index is 12.1. The number of hydrogen-bond acceptors (Lipinski definition) is 5. The van der Waals surface area contributed by atoms with Crippen molar-refractivity contribution in [3.05, 3.63) is 23.8 Å². The van der Waals surface area contributed by atoms with Crippen LogP contribution in [-0.4, -0.2) is 27.1 Å². The van der Waals surface area contributed by atoms with Gasteiger partial charge in [0.05, 0.1) is 17.6 Å². The summed E-state index contributed by atoms with van der Waals surface area (Å²) in [6.45, 7) is 5.74. The van der Waals surface area contributed by atoms with E-state index in [0.717, 1.165) is 0 Å². The van der Waals surface area contributed by atoms with Crippen molar-refractivity contribution in [1.82, 2.24) is 0 Å². The summed E-state index contributed by atoms with van der Waals surface area (Å²) in [5.74, 6) is -0.360. The van der Waals surface area contributed by atoms with E-state index in [1.165, 1.54) is 18.2 Å². The summed E-state index contributed by atoms with van der Waals surface area (Å²) in [6.07, 6.45) is 0.389. The fourth-order valence-corrected chi connectivity index (χ4v) is 2.00. The van der Waals surface area contributed by atoms with Gasteiger partial charge in [-0.15, -0.1) is 0 Å². The van der Waals surface area contributed by atoms with Crippen LogP contribution < -0.4 is 9.88 Å². The minimum atomic E-state index is -3.89. The molecule has 0 saturated carbocycles. The minimum Gasteiger partial charge on any atom is -0.493 e. The number of ether oxygens (including phenoxy) is 2.